The van der Waals surface area contributed by atoms with Gasteiger partial charge in [-0.3, -0.25) is 4.79 Å². The van der Waals surface area contributed by atoms with E-state index in [0.29, 0.717) is 12.3 Å². The van der Waals surface area contributed by atoms with Crippen molar-refractivity contribution < 1.29 is 9.18 Å². The number of thiazole rings is 1. The molecule has 1 fully saturated rings. The van der Waals surface area contributed by atoms with Crippen molar-refractivity contribution in [2.45, 2.75) is 58.0 Å². The second kappa shape index (κ2) is 14.1. The molecule has 0 saturated heterocycles. The molecule has 1 aliphatic rings. The summed E-state index contributed by atoms with van der Waals surface area (Å²) in [5, 5.41) is 6.59. The zero-order chi connectivity index (χ0) is 28.6. The molecule has 1 N–H and O–H groups in total. The van der Waals surface area contributed by atoms with Crippen LogP contribution >= 0.6 is 23.1 Å². The summed E-state index contributed by atoms with van der Waals surface area (Å²) < 4.78 is 16.0. The fraction of sp³-hybridized carbons (Fsp3) is 0.364. The Morgan fingerprint density at radius 3 is 2.63 bits per heavy atom. The number of imidazole rings is 1. The molecule has 0 bridgehead atoms. The Morgan fingerprint density at radius 2 is 1.95 bits per heavy atom. The van der Waals surface area contributed by atoms with E-state index in [9.17, 15) is 9.18 Å². The number of hydrogen-bond acceptors (Lipinski definition) is 6. The summed E-state index contributed by atoms with van der Waals surface area (Å²) in [5.74, 6) is 2.04. The second-order valence-electron chi connectivity index (χ2n) is 10.6. The van der Waals surface area contributed by atoms with Crippen molar-refractivity contribution >= 4 is 46.2 Å². The first-order chi connectivity index (χ1) is 20.0. The minimum absolute atomic E-state index is 0.132. The van der Waals surface area contributed by atoms with Crippen molar-refractivity contribution in [1.82, 2.24) is 14.5 Å². The van der Waals surface area contributed by atoms with E-state index in [0.717, 1.165) is 76.6 Å². The molecule has 0 unspecified atom stereocenters. The van der Waals surface area contributed by atoms with Crippen LogP contribution in [-0.2, 0) is 11.3 Å². The first-order valence-corrected chi connectivity index (χ1v) is 16.6. The molecule has 0 aliphatic heterocycles. The number of nitrogens with one attached hydrogen (secondary N) is 1. The van der Waals surface area contributed by atoms with Gasteiger partial charge in [-0.15, -0.1) is 11.3 Å². The summed E-state index contributed by atoms with van der Waals surface area (Å²) in [7, 11) is 0. The third kappa shape index (κ3) is 7.54. The highest BCUT2D eigenvalue weighted by Crippen LogP contribution is 2.34. The van der Waals surface area contributed by atoms with Crippen molar-refractivity contribution in [2.24, 2.45) is 5.92 Å². The van der Waals surface area contributed by atoms with Crippen LogP contribution in [0.1, 0.15) is 54.9 Å². The van der Waals surface area contributed by atoms with Gasteiger partial charge in [-0.05, 0) is 79.7 Å². The largest absolute Gasteiger partial charge is 0.375 e. The molecule has 0 spiro atoms. The van der Waals surface area contributed by atoms with Crippen LogP contribution in [-0.4, -0.2) is 38.4 Å². The van der Waals surface area contributed by atoms with Gasteiger partial charge in [-0.2, -0.15) is 11.8 Å². The molecular weight excluding hydrogens is 552 g/mol. The smallest absolute Gasteiger partial charge is 0.158 e. The van der Waals surface area contributed by atoms with E-state index in [1.54, 1.807) is 35.2 Å². The number of aromatic nitrogens is 3. The predicted octanol–water partition coefficient (Wildman–Crippen LogP) is 8.38. The maximum Gasteiger partial charge on any atom is 0.158 e. The third-order valence-electron chi connectivity index (χ3n) is 7.80. The van der Waals surface area contributed by atoms with Gasteiger partial charge in [-0.1, -0.05) is 37.5 Å². The summed E-state index contributed by atoms with van der Waals surface area (Å²) in [5.41, 5.74) is 4.83. The first-order valence-electron chi connectivity index (χ1n) is 14.3. The Hall–Kier alpha value is -3.23. The van der Waals surface area contributed by atoms with Crippen LogP contribution in [0, 0.1) is 18.7 Å². The van der Waals surface area contributed by atoms with Crippen molar-refractivity contribution in [3.63, 3.8) is 0 Å². The van der Waals surface area contributed by atoms with Crippen LogP contribution in [0.5, 0.6) is 0 Å². The summed E-state index contributed by atoms with van der Waals surface area (Å²) >= 11 is 3.37. The summed E-state index contributed by atoms with van der Waals surface area (Å²) in [6.07, 6.45) is 16.1. The highest BCUT2D eigenvalue weighted by molar-refractivity contribution is 7.98. The van der Waals surface area contributed by atoms with Gasteiger partial charge in [0.2, 0.25) is 0 Å². The molecule has 2 aromatic carbocycles. The molecular formula is C33H37FN4OS2. The maximum atomic E-state index is 13.9. The van der Waals surface area contributed by atoms with Crippen LogP contribution in [0.2, 0.25) is 0 Å². The molecule has 4 aromatic rings. The van der Waals surface area contributed by atoms with Crippen molar-refractivity contribution in [3.8, 4) is 11.1 Å². The number of rotatable bonds is 12. The lowest BCUT2D eigenvalue weighted by Gasteiger charge is -2.27. The van der Waals surface area contributed by atoms with E-state index in [4.69, 9.17) is 0 Å². The number of ketones is 1. The minimum atomic E-state index is -0.272. The Labute approximate surface area is 250 Å². The number of Topliss-reactive ketones (excluding diaryl/α,β-unsaturated/α-hetero) is 1. The fourth-order valence-electron chi connectivity index (χ4n) is 5.54. The number of carbonyl (C=O) groups is 1. The molecule has 2 aromatic heterocycles. The lowest BCUT2D eigenvalue weighted by Crippen LogP contribution is -2.36. The SMILES string of the molecule is CSCC[C@H](Nc1ccc(C=C(Cn2ccnc2C)c2nccs2)cc1-c1ccc(F)cc1)C(=O)C1CCCCC1. The number of halogens is 1. The van der Waals surface area contributed by atoms with Crippen LogP contribution in [0.3, 0.4) is 0 Å². The molecule has 2 heterocycles. The Kier molecular flexibility index (Phi) is 10.1. The van der Waals surface area contributed by atoms with E-state index in [1.807, 2.05) is 30.9 Å². The fourth-order valence-corrected chi connectivity index (χ4v) is 6.66. The molecule has 214 valence electrons. The quantitative estimate of drug-likeness (QED) is 0.180. The van der Waals surface area contributed by atoms with Gasteiger partial charge < -0.3 is 9.88 Å². The van der Waals surface area contributed by atoms with Gasteiger partial charge >= 0.3 is 0 Å². The topological polar surface area (TPSA) is 59.8 Å². The number of allylic oxidation sites excluding steroid dienone is 1. The zero-order valence-electron chi connectivity index (χ0n) is 23.7. The molecule has 41 heavy (non-hydrogen) atoms. The number of hydrogen-bond donors (Lipinski definition) is 1. The van der Waals surface area contributed by atoms with Gasteiger partial charge in [-0.25, -0.2) is 14.4 Å². The van der Waals surface area contributed by atoms with E-state index in [1.165, 1.54) is 18.6 Å². The highest BCUT2D eigenvalue weighted by Gasteiger charge is 2.28. The van der Waals surface area contributed by atoms with Crippen LogP contribution in [0.25, 0.3) is 22.8 Å². The lowest BCUT2D eigenvalue weighted by atomic mass is 9.83. The van der Waals surface area contributed by atoms with Gasteiger partial charge in [0.1, 0.15) is 16.6 Å². The van der Waals surface area contributed by atoms with E-state index < -0.39 is 0 Å². The number of nitrogens with zero attached hydrogens (tertiary/aromatic N) is 3. The first kappa shape index (κ1) is 29.3. The van der Waals surface area contributed by atoms with Gasteiger partial charge in [0.05, 0.1) is 12.6 Å². The van der Waals surface area contributed by atoms with Gasteiger partial charge in [0.25, 0.3) is 0 Å². The number of carbonyl (C=O) groups excluding carboxylic acids is 1. The van der Waals surface area contributed by atoms with Gasteiger partial charge in [0, 0.05) is 46.7 Å². The average molecular weight is 589 g/mol. The lowest BCUT2D eigenvalue weighted by molar-refractivity contribution is -0.124. The van der Waals surface area contributed by atoms with Crippen molar-refractivity contribution in [1.29, 1.82) is 0 Å². The number of thioether (sulfide) groups is 1. The second-order valence-corrected chi connectivity index (χ2v) is 12.5. The Balaban J connectivity index is 1.52. The van der Waals surface area contributed by atoms with E-state index in [-0.39, 0.29) is 17.8 Å². The molecule has 1 saturated carbocycles. The van der Waals surface area contributed by atoms with E-state index in [2.05, 4.69) is 50.4 Å². The molecule has 5 rings (SSSR count). The predicted molar refractivity (Wildman–Crippen MR) is 171 cm³/mol. The number of aryl methyl sites for hydroxylation is 1. The molecule has 0 amide bonds. The standard InChI is InChI=1S/C33H37FN4OS2/c1-23-35-15-17-38(23)22-27(33-36-16-19-41-33)20-24-8-13-30(29(21-24)25-9-11-28(34)12-10-25)37-31(14-18-40-2)32(39)26-6-4-3-5-7-26/h8-13,15-17,19-21,26,31,37H,3-7,14,18,22H2,1-2H3/t31-/m0/s1. The number of benzene rings is 2. The number of anilines is 1. The maximum absolute atomic E-state index is 13.9. The van der Waals surface area contributed by atoms with Crippen molar-refractivity contribution in [2.75, 3.05) is 17.3 Å². The average Bonchev–Trinajstić information content (AvgIpc) is 3.68. The summed E-state index contributed by atoms with van der Waals surface area (Å²) in [4.78, 5) is 22.6. The molecule has 1 atom stereocenters. The zero-order valence-corrected chi connectivity index (χ0v) is 25.3. The molecule has 1 aliphatic carbocycles. The van der Waals surface area contributed by atoms with Crippen molar-refractivity contribution in [3.05, 3.63) is 88.6 Å². The van der Waals surface area contributed by atoms with Crippen LogP contribution in [0.4, 0.5) is 10.1 Å². The van der Waals surface area contributed by atoms with E-state index >= 15 is 0 Å². The third-order valence-corrected chi connectivity index (χ3v) is 9.30. The molecule has 8 heteroatoms. The molecule has 5 nitrogen and oxygen atoms in total. The van der Waals surface area contributed by atoms with Crippen LogP contribution < -0.4 is 5.32 Å². The van der Waals surface area contributed by atoms with Gasteiger partial charge in [0.15, 0.2) is 5.78 Å². The normalized spacial score (nSPS) is 15.1. The highest BCUT2D eigenvalue weighted by atomic mass is 32.2. The Bertz CT molecular complexity index is 1460. The summed E-state index contributed by atoms with van der Waals surface area (Å²) in [6, 6.07) is 12.6. The summed E-state index contributed by atoms with van der Waals surface area (Å²) in [6.45, 7) is 2.65. The van der Waals surface area contributed by atoms with Crippen LogP contribution in [0.15, 0.2) is 66.4 Å². The monoisotopic (exact) mass is 588 g/mol. The molecule has 0 radical (unpaired) electrons. The Morgan fingerprint density at radius 1 is 1.15 bits per heavy atom. The minimum Gasteiger partial charge on any atom is -0.375 e.